The number of hydrogen-bond acceptors (Lipinski definition) is 2. The molecule has 2 unspecified atom stereocenters. The first-order valence-electron chi connectivity index (χ1n) is 9.72. The zero-order chi connectivity index (χ0) is 23.4. The van der Waals surface area contributed by atoms with E-state index in [4.69, 9.17) is 34.8 Å². The van der Waals surface area contributed by atoms with Gasteiger partial charge in [-0.1, -0.05) is 66.7 Å². The molecule has 0 saturated heterocycles. The van der Waals surface area contributed by atoms with Crippen molar-refractivity contribution in [1.29, 1.82) is 0 Å². The first-order chi connectivity index (χ1) is 14.9. The molecule has 2 aliphatic carbocycles. The van der Waals surface area contributed by atoms with Crippen LogP contribution in [0.5, 0.6) is 0 Å². The summed E-state index contributed by atoms with van der Waals surface area (Å²) < 4.78 is 25.5. The van der Waals surface area contributed by atoms with Crippen LogP contribution in [0.3, 0.4) is 0 Å². The highest BCUT2D eigenvalue weighted by Gasteiger charge is 2.66. The monoisotopic (exact) mass is 627 g/mol. The number of ketones is 1. The smallest absolute Gasteiger partial charge is 0.248 e. The van der Waals surface area contributed by atoms with Crippen LogP contribution in [0.2, 0.25) is 15.1 Å². The van der Waals surface area contributed by atoms with Gasteiger partial charge in [0.2, 0.25) is 11.8 Å². The first kappa shape index (κ1) is 24.4. The van der Waals surface area contributed by atoms with E-state index in [2.05, 4.69) is 37.2 Å². The van der Waals surface area contributed by atoms with Gasteiger partial charge in [-0.25, -0.2) is 8.78 Å². The molecule has 0 spiro atoms. The van der Waals surface area contributed by atoms with Gasteiger partial charge in [0.05, 0.1) is 10.9 Å². The van der Waals surface area contributed by atoms with Gasteiger partial charge in [-0.15, -0.1) is 0 Å². The van der Waals surface area contributed by atoms with Crippen LogP contribution < -0.4 is 5.32 Å². The van der Waals surface area contributed by atoms with Crippen LogP contribution in [0.25, 0.3) is 0 Å². The minimum atomic E-state index is -2.68. The Morgan fingerprint density at radius 3 is 2.25 bits per heavy atom. The summed E-state index contributed by atoms with van der Waals surface area (Å²) >= 11 is 25.5. The molecular formula is C22H16Br2Cl3F2NO2. The van der Waals surface area contributed by atoms with Crippen molar-refractivity contribution in [3.05, 3.63) is 62.6 Å². The molecule has 0 radical (unpaired) electrons. The van der Waals surface area contributed by atoms with Crippen molar-refractivity contribution in [3.63, 3.8) is 0 Å². The molecule has 2 aromatic rings. The van der Waals surface area contributed by atoms with E-state index in [1.807, 2.05) is 0 Å². The van der Waals surface area contributed by atoms with E-state index in [0.717, 1.165) is 5.56 Å². The van der Waals surface area contributed by atoms with Crippen molar-refractivity contribution in [3.8, 4) is 0 Å². The number of alkyl halides is 4. The molecule has 0 aromatic heterocycles. The van der Waals surface area contributed by atoms with Crippen LogP contribution in [0.15, 0.2) is 36.4 Å². The zero-order valence-corrected chi connectivity index (χ0v) is 21.7. The molecule has 1 N–H and O–H groups in total. The highest BCUT2D eigenvalue weighted by Crippen LogP contribution is 2.67. The number of Topliss-reactive ketones (excluding diaryl/α,β-unsaturated/α-hetero) is 1. The number of benzene rings is 2. The molecule has 2 saturated carbocycles. The SMILES string of the molecule is O=C(CC1CC(F)(F)C1)c1cc(NC(=O)C2C(c3cc(Cl)cc(Cl)c3)C2(Br)Br)ccc1Cl. The second-order valence-electron chi connectivity index (χ2n) is 8.27. The van der Waals surface area contributed by atoms with Gasteiger partial charge in [0.1, 0.15) is 3.23 Å². The minimum absolute atomic E-state index is 0.00114. The Labute approximate surface area is 215 Å². The quantitative estimate of drug-likeness (QED) is 0.259. The summed E-state index contributed by atoms with van der Waals surface area (Å²) in [5, 5.41) is 3.97. The molecule has 10 heteroatoms. The molecule has 4 rings (SSSR count). The van der Waals surface area contributed by atoms with E-state index in [1.165, 1.54) is 12.1 Å². The molecular weight excluding hydrogens is 614 g/mol. The average Bonchev–Trinajstić information content (AvgIpc) is 3.23. The van der Waals surface area contributed by atoms with Crippen molar-refractivity contribution in [1.82, 2.24) is 0 Å². The van der Waals surface area contributed by atoms with Crippen LogP contribution in [0.1, 0.15) is 41.1 Å². The third-order valence-corrected chi connectivity index (χ3v) is 8.50. The Bertz CT molecular complexity index is 1080. The molecule has 32 heavy (non-hydrogen) atoms. The highest BCUT2D eigenvalue weighted by molar-refractivity contribution is 9.25. The predicted octanol–water partition coefficient (Wildman–Crippen LogP) is 8.10. The van der Waals surface area contributed by atoms with E-state index in [-0.39, 0.29) is 53.4 Å². The Hall–Kier alpha value is -0.730. The summed E-state index contributed by atoms with van der Waals surface area (Å²) in [5.41, 5.74) is 1.41. The molecule has 2 aromatic carbocycles. The van der Waals surface area contributed by atoms with Gasteiger partial charge in [0.25, 0.3) is 0 Å². The molecule has 2 atom stereocenters. The zero-order valence-electron chi connectivity index (χ0n) is 16.3. The van der Waals surface area contributed by atoms with Crippen LogP contribution in [-0.4, -0.2) is 20.8 Å². The molecule has 0 bridgehead atoms. The van der Waals surface area contributed by atoms with Gasteiger partial charge < -0.3 is 5.32 Å². The van der Waals surface area contributed by atoms with Crippen molar-refractivity contribution >= 4 is 84.0 Å². The Morgan fingerprint density at radius 2 is 1.66 bits per heavy atom. The summed E-state index contributed by atoms with van der Waals surface area (Å²) in [5.74, 6) is -4.32. The lowest BCUT2D eigenvalue weighted by Gasteiger charge is -2.34. The van der Waals surface area contributed by atoms with Gasteiger partial charge in [0.15, 0.2) is 5.78 Å². The van der Waals surface area contributed by atoms with Crippen molar-refractivity contribution < 1.29 is 18.4 Å². The number of amides is 1. The van der Waals surface area contributed by atoms with Crippen LogP contribution >= 0.6 is 66.7 Å². The van der Waals surface area contributed by atoms with Gasteiger partial charge in [-0.3, -0.25) is 9.59 Å². The number of anilines is 1. The minimum Gasteiger partial charge on any atom is -0.326 e. The number of halogens is 7. The summed E-state index contributed by atoms with van der Waals surface area (Å²) in [6, 6.07) is 9.71. The van der Waals surface area contributed by atoms with Crippen molar-refractivity contribution in [2.24, 2.45) is 11.8 Å². The number of rotatable bonds is 6. The Balaban J connectivity index is 1.46. The Morgan fingerprint density at radius 1 is 1.03 bits per heavy atom. The molecule has 3 nitrogen and oxygen atoms in total. The van der Waals surface area contributed by atoms with Gasteiger partial charge >= 0.3 is 0 Å². The first-order valence-corrected chi connectivity index (χ1v) is 12.4. The topological polar surface area (TPSA) is 46.2 Å². The number of carbonyl (C=O) groups is 2. The fourth-order valence-corrected chi connectivity index (χ4v) is 6.66. The van der Waals surface area contributed by atoms with Crippen LogP contribution in [0, 0.1) is 11.8 Å². The van der Waals surface area contributed by atoms with Crippen LogP contribution in [-0.2, 0) is 4.79 Å². The third kappa shape index (κ3) is 5.02. The maximum atomic E-state index is 13.1. The fourth-order valence-electron chi connectivity index (χ4n) is 4.16. The molecule has 0 aliphatic heterocycles. The Kier molecular flexibility index (Phi) is 6.71. The van der Waals surface area contributed by atoms with Crippen molar-refractivity contribution in [2.75, 3.05) is 5.32 Å². The number of hydrogen-bond donors (Lipinski definition) is 1. The predicted molar refractivity (Wildman–Crippen MR) is 130 cm³/mol. The fraction of sp³-hybridized carbons (Fsp3) is 0.364. The van der Waals surface area contributed by atoms with E-state index in [0.29, 0.717) is 15.7 Å². The lowest BCUT2D eigenvalue weighted by molar-refractivity contribution is -0.117. The maximum Gasteiger partial charge on any atom is 0.248 e. The molecule has 2 aliphatic rings. The van der Waals surface area contributed by atoms with Crippen LogP contribution in [0.4, 0.5) is 14.5 Å². The standard InChI is InChI=1S/C22H16Br2Cl3F2NO2/c23-22(24)18(11-4-12(25)6-13(26)5-11)19(22)20(32)30-14-1-2-16(27)15(7-14)17(31)3-10-8-21(28,29)9-10/h1-2,4-7,10,18-19H,3,8-9H2,(H,30,32). The lowest BCUT2D eigenvalue weighted by Crippen LogP contribution is -2.36. The average molecular weight is 631 g/mol. The summed E-state index contributed by atoms with van der Waals surface area (Å²) in [4.78, 5) is 25.6. The molecule has 0 heterocycles. The second-order valence-corrected chi connectivity index (χ2v) is 13.2. The van der Waals surface area contributed by atoms with Crippen molar-refractivity contribution in [2.45, 2.75) is 34.3 Å². The number of carbonyl (C=O) groups excluding carboxylic acids is 2. The second kappa shape index (κ2) is 8.81. The van der Waals surface area contributed by atoms with E-state index < -0.39 is 15.1 Å². The largest absolute Gasteiger partial charge is 0.326 e. The molecule has 1 amide bonds. The number of nitrogens with one attached hydrogen (secondary N) is 1. The van der Waals surface area contributed by atoms with E-state index >= 15 is 0 Å². The lowest BCUT2D eigenvalue weighted by atomic mass is 9.77. The summed E-state index contributed by atoms with van der Waals surface area (Å²) in [7, 11) is 0. The summed E-state index contributed by atoms with van der Waals surface area (Å²) in [6.07, 6.45) is -0.581. The van der Waals surface area contributed by atoms with E-state index in [1.54, 1.807) is 24.3 Å². The van der Waals surface area contributed by atoms with E-state index in [9.17, 15) is 18.4 Å². The highest BCUT2D eigenvalue weighted by atomic mass is 79.9. The normalized spacial score (nSPS) is 23.3. The molecule has 170 valence electrons. The molecule has 2 fully saturated rings. The third-order valence-electron chi connectivity index (χ3n) is 5.76. The van der Waals surface area contributed by atoms with Gasteiger partial charge in [-0.2, -0.15) is 0 Å². The summed E-state index contributed by atoms with van der Waals surface area (Å²) in [6.45, 7) is 0. The van der Waals surface area contributed by atoms with Gasteiger partial charge in [0, 0.05) is 46.5 Å². The maximum absolute atomic E-state index is 13.1. The van der Waals surface area contributed by atoms with Gasteiger partial charge in [-0.05, 0) is 47.9 Å².